The number of methoxy groups -OCH3 is 1. The first-order valence-corrected chi connectivity index (χ1v) is 6.51. The molecule has 1 fully saturated rings. The minimum atomic E-state index is -1.43. The van der Waals surface area contributed by atoms with Crippen LogP contribution in [0.25, 0.3) is 0 Å². The molecule has 4 nitrogen and oxygen atoms in total. The Morgan fingerprint density at radius 2 is 2.06 bits per heavy atom. The maximum absolute atomic E-state index is 11.3. The molecule has 3 atom stereocenters. The lowest BCUT2D eigenvalue weighted by atomic mass is 9.96. The second-order valence-corrected chi connectivity index (χ2v) is 5.37. The molecule has 0 saturated heterocycles. The Bertz CT molecular complexity index is 253. The number of carbonyl (C=O) groups excluding carboxylic acids is 1. The van der Waals surface area contributed by atoms with Gasteiger partial charge in [-0.05, 0) is 25.7 Å². The van der Waals surface area contributed by atoms with Gasteiger partial charge in [0.1, 0.15) is 0 Å². The summed E-state index contributed by atoms with van der Waals surface area (Å²) in [6.45, 7) is 3.98. The standard InChI is InChI=1S/C13H25NO3/c1-10-7-5-4-6-8-11(10)14-9-13(2,16)12(15)17-3/h10-11,14,16H,4-9H2,1-3H3. The number of ether oxygens (including phenoxy) is 1. The maximum Gasteiger partial charge on any atom is 0.338 e. The second kappa shape index (κ2) is 6.36. The quantitative estimate of drug-likeness (QED) is 0.580. The summed E-state index contributed by atoms with van der Waals surface area (Å²) in [5, 5.41) is 13.2. The van der Waals surface area contributed by atoms with Crippen LogP contribution in [-0.2, 0) is 9.53 Å². The Balaban J connectivity index is 2.45. The van der Waals surface area contributed by atoms with Gasteiger partial charge in [-0.15, -0.1) is 0 Å². The molecule has 1 rings (SSSR count). The highest BCUT2D eigenvalue weighted by Crippen LogP contribution is 2.23. The van der Waals surface area contributed by atoms with Crippen molar-refractivity contribution in [2.75, 3.05) is 13.7 Å². The van der Waals surface area contributed by atoms with Crippen LogP contribution in [0.1, 0.15) is 46.0 Å². The van der Waals surface area contributed by atoms with Crippen molar-refractivity contribution in [3.05, 3.63) is 0 Å². The second-order valence-electron chi connectivity index (χ2n) is 5.37. The molecule has 1 aliphatic carbocycles. The minimum absolute atomic E-state index is 0.259. The summed E-state index contributed by atoms with van der Waals surface area (Å²) in [5.41, 5.74) is -1.43. The van der Waals surface area contributed by atoms with Gasteiger partial charge in [0.15, 0.2) is 5.60 Å². The highest BCUT2D eigenvalue weighted by Gasteiger charge is 2.32. The maximum atomic E-state index is 11.3. The molecule has 4 heteroatoms. The predicted octanol–water partition coefficient (Wildman–Crippen LogP) is 1.47. The molecule has 1 aliphatic rings. The van der Waals surface area contributed by atoms with E-state index >= 15 is 0 Å². The summed E-state index contributed by atoms with van der Waals surface area (Å²) >= 11 is 0. The summed E-state index contributed by atoms with van der Waals surface area (Å²) < 4.78 is 4.58. The van der Waals surface area contributed by atoms with Crippen molar-refractivity contribution in [3.63, 3.8) is 0 Å². The zero-order valence-corrected chi connectivity index (χ0v) is 11.2. The van der Waals surface area contributed by atoms with E-state index in [9.17, 15) is 9.90 Å². The molecule has 0 amide bonds. The van der Waals surface area contributed by atoms with Gasteiger partial charge >= 0.3 is 5.97 Å². The van der Waals surface area contributed by atoms with Crippen molar-refractivity contribution in [1.29, 1.82) is 0 Å². The van der Waals surface area contributed by atoms with Crippen molar-refractivity contribution < 1.29 is 14.6 Å². The van der Waals surface area contributed by atoms with Gasteiger partial charge in [-0.3, -0.25) is 0 Å². The SMILES string of the molecule is COC(=O)C(C)(O)CNC1CCCCCC1C. The molecule has 0 bridgehead atoms. The summed E-state index contributed by atoms with van der Waals surface area (Å²) in [5.74, 6) is 0.0252. The molecule has 3 unspecified atom stereocenters. The molecular weight excluding hydrogens is 218 g/mol. The summed E-state index contributed by atoms with van der Waals surface area (Å²) in [6, 6.07) is 0.397. The third-order valence-electron chi connectivity index (χ3n) is 3.70. The number of carbonyl (C=O) groups is 1. The molecule has 0 spiro atoms. The van der Waals surface area contributed by atoms with E-state index in [0.29, 0.717) is 12.0 Å². The van der Waals surface area contributed by atoms with Crippen LogP contribution in [0.3, 0.4) is 0 Å². The van der Waals surface area contributed by atoms with Gasteiger partial charge in [-0.1, -0.05) is 26.2 Å². The van der Waals surface area contributed by atoms with Gasteiger partial charge in [-0.2, -0.15) is 0 Å². The topological polar surface area (TPSA) is 58.6 Å². The smallest absolute Gasteiger partial charge is 0.338 e. The third kappa shape index (κ3) is 4.28. The average Bonchev–Trinajstić information content (AvgIpc) is 2.50. The summed E-state index contributed by atoms with van der Waals surface area (Å²) in [7, 11) is 1.30. The molecule has 1 saturated carbocycles. The fourth-order valence-electron chi connectivity index (χ4n) is 2.42. The number of aliphatic hydroxyl groups is 1. The van der Waals surface area contributed by atoms with Crippen molar-refractivity contribution in [2.45, 2.75) is 57.6 Å². The fraction of sp³-hybridized carbons (Fsp3) is 0.923. The van der Waals surface area contributed by atoms with Gasteiger partial charge in [-0.25, -0.2) is 4.79 Å². The molecule has 17 heavy (non-hydrogen) atoms. The van der Waals surface area contributed by atoms with E-state index in [1.165, 1.54) is 39.7 Å². The first-order valence-electron chi connectivity index (χ1n) is 6.51. The van der Waals surface area contributed by atoms with E-state index in [1.54, 1.807) is 0 Å². The number of hydrogen-bond acceptors (Lipinski definition) is 4. The van der Waals surface area contributed by atoms with Crippen LogP contribution < -0.4 is 5.32 Å². The van der Waals surface area contributed by atoms with E-state index in [-0.39, 0.29) is 6.54 Å². The van der Waals surface area contributed by atoms with Crippen LogP contribution in [0.4, 0.5) is 0 Å². The average molecular weight is 243 g/mol. The van der Waals surface area contributed by atoms with Crippen LogP contribution in [0, 0.1) is 5.92 Å². The van der Waals surface area contributed by atoms with E-state index in [1.807, 2.05) is 0 Å². The molecule has 0 radical (unpaired) electrons. The molecular formula is C13H25NO3. The van der Waals surface area contributed by atoms with Crippen molar-refractivity contribution >= 4 is 5.97 Å². The molecule has 0 aliphatic heterocycles. The van der Waals surface area contributed by atoms with Gasteiger partial charge in [0, 0.05) is 12.6 Å². The number of nitrogens with one attached hydrogen (secondary N) is 1. The van der Waals surface area contributed by atoms with E-state index < -0.39 is 11.6 Å². The zero-order chi connectivity index (χ0) is 12.9. The Morgan fingerprint density at radius 3 is 2.71 bits per heavy atom. The normalized spacial score (nSPS) is 29.2. The van der Waals surface area contributed by atoms with Crippen molar-refractivity contribution in [1.82, 2.24) is 5.32 Å². The largest absolute Gasteiger partial charge is 0.467 e. The molecule has 2 N–H and O–H groups in total. The Labute approximate surface area is 104 Å². The lowest BCUT2D eigenvalue weighted by Gasteiger charge is -2.27. The summed E-state index contributed by atoms with van der Waals surface area (Å²) in [6.07, 6.45) is 6.14. The van der Waals surface area contributed by atoms with Crippen LogP contribution >= 0.6 is 0 Å². The Hall–Kier alpha value is -0.610. The van der Waals surface area contributed by atoms with Crippen molar-refractivity contribution in [3.8, 4) is 0 Å². The van der Waals surface area contributed by atoms with Gasteiger partial charge < -0.3 is 15.2 Å². The lowest BCUT2D eigenvalue weighted by Crippen LogP contribution is -2.49. The van der Waals surface area contributed by atoms with Gasteiger partial charge in [0.05, 0.1) is 7.11 Å². The van der Waals surface area contributed by atoms with E-state index in [2.05, 4.69) is 17.0 Å². The highest BCUT2D eigenvalue weighted by molar-refractivity contribution is 5.78. The van der Waals surface area contributed by atoms with Crippen LogP contribution in [0.5, 0.6) is 0 Å². The molecule has 100 valence electrons. The summed E-state index contributed by atoms with van der Waals surface area (Å²) in [4.78, 5) is 11.3. The van der Waals surface area contributed by atoms with Crippen LogP contribution in [-0.4, -0.2) is 36.4 Å². The van der Waals surface area contributed by atoms with E-state index in [0.717, 1.165) is 6.42 Å². The van der Waals surface area contributed by atoms with Gasteiger partial charge in [0.25, 0.3) is 0 Å². The van der Waals surface area contributed by atoms with Crippen molar-refractivity contribution in [2.24, 2.45) is 5.92 Å². The predicted molar refractivity (Wildman–Crippen MR) is 66.7 cm³/mol. The number of rotatable bonds is 4. The Kier molecular flexibility index (Phi) is 5.40. The first-order chi connectivity index (χ1) is 7.97. The fourth-order valence-corrected chi connectivity index (χ4v) is 2.42. The molecule has 0 aromatic heterocycles. The monoisotopic (exact) mass is 243 g/mol. The third-order valence-corrected chi connectivity index (χ3v) is 3.70. The minimum Gasteiger partial charge on any atom is -0.467 e. The zero-order valence-electron chi connectivity index (χ0n) is 11.2. The van der Waals surface area contributed by atoms with Crippen LogP contribution in [0.2, 0.25) is 0 Å². The molecule has 0 aromatic carbocycles. The number of esters is 1. The molecule has 0 heterocycles. The first kappa shape index (κ1) is 14.5. The Morgan fingerprint density at radius 1 is 1.41 bits per heavy atom. The molecule has 0 aromatic rings. The van der Waals surface area contributed by atoms with E-state index in [4.69, 9.17) is 0 Å². The number of hydrogen-bond donors (Lipinski definition) is 2. The van der Waals surface area contributed by atoms with Crippen LogP contribution in [0.15, 0.2) is 0 Å². The van der Waals surface area contributed by atoms with Gasteiger partial charge in [0.2, 0.25) is 0 Å². The lowest BCUT2D eigenvalue weighted by molar-refractivity contribution is -0.160. The highest BCUT2D eigenvalue weighted by atomic mass is 16.5.